The number of piperidine rings is 1. The van der Waals surface area contributed by atoms with E-state index in [2.05, 4.69) is 5.32 Å². The van der Waals surface area contributed by atoms with Gasteiger partial charge in [-0.25, -0.2) is 4.79 Å². The summed E-state index contributed by atoms with van der Waals surface area (Å²) in [5, 5.41) is 21.2. The summed E-state index contributed by atoms with van der Waals surface area (Å²) in [5.41, 5.74) is 1.21. The Bertz CT molecular complexity index is 492. The van der Waals surface area contributed by atoms with Gasteiger partial charge in [0.2, 0.25) is 0 Å². The highest BCUT2D eigenvalue weighted by Crippen LogP contribution is 2.18. The summed E-state index contributed by atoms with van der Waals surface area (Å²) >= 11 is 0. The molecule has 100 valence electrons. The van der Waals surface area contributed by atoms with Gasteiger partial charge in [-0.2, -0.15) is 5.26 Å². The number of nitrogens with one attached hydrogen (secondary N) is 1. The summed E-state index contributed by atoms with van der Waals surface area (Å²) < 4.78 is 0. The zero-order valence-electron chi connectivity index (χ0n) is 10.8. The largest absolute Gasteiger partial charge is 0.391 e. The average Bonchev–Trinajstić information content (AvgIpc) is 2.42. The second-order valence-electron chi connectivity index (χ2n) is 4.90. The minimum Gasteiger partial charge on any atom is -0.391 e. The number of hydrogen-bond acceptors (Lipinski definition) is 3. The highest BCUT2D eigenvalue weighted by Gasteiger charge is 2.27. The molecule has 0 spiro atoms. The number of aliphatic hydroxyl groups is 1. The number of benzene rings is 1. The van der Waals surface area contributed by atoms with Crippen molar-refractivity contribution in [2.75, 3.05) is 18.4 Å². The third-order valence-electron chi connectivity index (χ3n) is 3.47. The highest BCUT2D eigenvalue weighted by molar-refractivity contribution is 5.89. The maximum absolute atomic E-state index is 12.0. The van der Waals surface area contributed by atoms with Crippen LogP contribution in [0.25, 0.3) is 0 Å². The molecule has 1 fully saturated rings. The van der Waals surface area contributed by atoms with Gasteiger partial charge >= 0.3 is 6.03 Å². The molecule has 0 aromatic heterocycles. The van der Waals surface area contributed by atoms with E-state index in [0.29, 0.717) is 24.3 Å². The van der Waals surface area contributed by atoms with Crippen LogP contribution in [0, 0.1) is 17.2 Å². The van der Waals surface area contributed by atoms with Crippen molar-refractivity contribution in [2.45, 2.75) is 19.4 Å². The van der Waals surface area contributed by atoms with E-state index >= 15 is 0 Å². The maximum Gasteiger partial charge on any atom is 0.321 e. The lowest BCUT2D eigenvalue weighted by Crippen LogP contribution is -2.47. The van der Waals surface area contributed by atoms with E-state index in [0.717, 1.165) is 6.42 Å². The first-order valence-corrected chi connectivity index (χ1v) is 6.34. The van der Waals surface area contributed by atoms with Crippen LogP contribution in [0.4, 0.5) is 10.5 Å². The second kappa shape index (κ2) is 5.72. The van der Waals surface area contributed by atoms with Gasteiger partial charge in [0.25, 0.3) is 0 Å². The Morgan fingerprint density at radius 1 is 1.47 bits per heavy atom. The lowest BCUT2D eigenvalue weighted by Gasteiger charge is -2.34. The maximum atomic E-state index is 12.0. The van der Waals surface area contributed by atoms with E-state index in [1.54, 1.807) is 29.2 Å². The van der Waals surface area contributed by atoms with Gasteiger partial charge in [0.1, 0.15) is 0 Å². The Labute approximate surface area is 112 Å². The number of nitrogens with zero attached hydrogens (tertiary/aromatic N) is 2. The van der Waals surface area contributed by atoms with Crippen LogP contribution in [0.3, 0.4) is 0 Å². The molecule has 1 aliphatic heterocycles. The molecule has 2 unspecified atom stereocenters. The number of aliphatic hydroxyl groups excluding tert-OH is 1. The minimum atomic E-state index is -0.458. The van der Waals surface area contributed by atoms with E-state index in [9.17, 15) is 9.90 Å². The number of carbonyl (C=O) groups excluding carboxylic acids is 1. The van der Waals surface area contributed by atoms with Crippen LogP contribution >= 0.6 is 0 Å². The number of carbonyl (C=O) groups is 1. The summed E-state index contributed by atoms with van der Waals surface area (Å²) in [6.45, 7) is 3.00. The Morgan fingerprint density at radius 3 is 2.74 bits per heavy atom. The van der Waals surface area contributed by atoms with Gasteiger partial charge in [0, 0.05) is 18.8 Å². The monoisotopic (exact) mass is 259 g/mol. The van der Waals surface area contributed by atoms with Crippen LogP contribution in [0.15, 0.2) is 24.3 Å². The van der Waals surface area contributed by atoms with Gasteiger partial charge in [-0.3, -0.25) is 0 Å². The van der Waals surface area contributed by atoms with E-state index in [1.807, 2.05) is 13.0 Å². The van der Waals surface area contributed by atoms with Crippen LogP contribution in [0.5, 0.6) is 0 Å². The molecule has 0 aliphatic carbocycles. The van der Waals surface area contributed by atoms with Crippen LogP contribution < -0.4 is 5.32 Å². The second-order valence-corrected chi connectivity index (χ2v) is 4.90. The summed E-state index contributed by atoms with van der Waals surface area (Å²) in [6, 6.07) is 8.51. The van der Waals surface area contributed by atoms with E-state index in [1.165, 1.54) is 0 Å². The van der Waals surface area contributed by atoms with Gasteiger partial charge in [0.15, 0.2) is 0 Å². The van der Waals surface area contributed by atoms with Crippen LogP contribution in [0.2, 0.25) is 0 Å². The van der Waals surface area contributed by atoms with Crippen molar-refractivity contribution >= 4 is 11.7 Å². The molecule has 2 amide bonds. The van der Waals surface area contributed by atoms with Crippen molar-refractivity contribution < 1.29 is 9.90 Å². The summed E-state index contributed by atoms with van der Waals surface area (Å²) in [6.07, 6.45) is 0.350. The number of nitriles is 1. The Hall–Kier alpha value is -2.06. The topological polar surface area (TPSA) is 76.4 Å². The number of anilines is 1. The fourth-order valence-corrected chi connectivity index (χ4v) is 2.06. The predicted octanol–water partition coefficient (Wildman–Crippen LogP) is 1.79. The number of amides is 2. The van der Waals surface area contributed by atoms with Crippen molar-refractivity contribution in [1.29, 1.82) is 5.26 Å². The molecule has 1 aromatic carbocycles. The molecule has 5 heteroatoms. The molecular weight excluding hydrogens is 242 g/mol. The molecular formula is C14H17N3O2. The van der Waals surface area contributed by atoms with Gasteiger partial charge in [-0.15, -0.1) is 0 Å². The van der Waals surface area contributed by atoms with Crippen LogP contribution in [-0.2, 0) is 0 Å². The third-order valence-corrected chi connectivity index (χ3v) is 3.47. The number of urea groups is 1. The number of likely N-dealkylation sites (tertiary alicyclic amines) is 1. The molecule has 1 aromatic rings. The van der Waals surface area contributed by atoms with E-state index in [-0.39, 0.29) is 11.9 Å². The summed E-state index contributed by atoms with van der Waals surface area (Å²) in [4.78, 5) is 13.6. The first-order chi connectivity index (χ1) is 9.10. The van der Waals surface area contributed by atoms with Crippen molar-refractivity contribution in [3.63, 3.8) is 0 Å². The number of rotatable bonds is 1. The third kappa shape index (κ3) is 3.24. The Morgan fingerprint density at radius 2 is 2.16 bits per heavy atom. The SMILES string of the molecule is CC1CCN(C(=O)Nc2ccc(C#N)cc2)CC1O. The molecule has 2 rings (SSSR count). The summed E-state index contributed by atoms with van der Waals surface area (Å²) in [5.74, 6) is 0.235. The number of hydrogen-bond donors (Lipinski definition) is 2. The first-order valence-electron chi connectivity index (χ1n) is 6.34. The summed E-state index contributed by atoms with van der Waals surface area (Å²) in [7, 11) is 0. The smallest absolute Gasteiger partial charge is 0.321 e. The molecule has 1 aliphatic rings. The Balaban J connectivity index is 1.95. The van der Waals surface area contributed by atoms with Crippen LogP contribution in [0.1, 0.15) is 18.9 Å². The molecule has 1 saturated heterocycles. The van der Waals surface area contributed by atoms with Crippen molar-refractivity contribution in [2.24, 2.45) is 5.92 Å². The molecule has 0 radical (unpaired) electrons. The zero-order chi connectivity index (χ0) is 13.8. The van der Waals surface area contributed by atoms with Gasteiger partial charge in [-0.1, -0.05) is 6.92 Å². The van der Waals surface area contributed by atoms with E-state index < -0.39 is 6.10 Å². The molecule has 19 heavy (non-hydrogen) atoms. The van der Waals surface area contributed by atoms with Gasteiger partial charge in [-0.05, 0) is 36.6 Å². The normalized spacial score (nSPS) is 22.7. The van der Waals surface area contributed by atoms with Crippen molar-refractivity contribution in [3.8, 4) is 6.07 Å². The van der Waals surface area contributed by atoms with Crippen molar-refractivity contribution in [3.05, 3.63) is 29.8 Å². The predicted molar refractivity (Wildman–Crippen MR) is 71.5 cm³/mol. The average molecular weight is 259 g/mol. The molecule has 2 atom stereocenters. The quantitative estimate of drug-likeness (QED) is 0.807. The number of β-amino-alcohol motifs (C(OH)–C–C–N with tert-alkyl or cyclic N) is 1. The van der Waals surface area contributed by atoms with Crippen LogP contribution in [-0.4, -0.2) is 35.2 Å². The first kappa shape index (κ1) is 13.4. The fraction of sp³-hybridized carbons (Fsp3) is 0.429. The van der Waals surface area contributed by atoms with Gasteiger partial charge < -0.3 is 15.3 Å². The Kier molecular flexibility index (Phi) is 4.03. The van der Waals surface area contributed by atoms with Gasteiger partial charge in [0.05, 0.1) is 17.7 Å². The zero-order valence-corrected chi connectivity index (χ0v) is 10.8. The standard InChI is InChI=1S/C14H17N3O2/c1-10-6-7-17(9-13(10)18)14(19)16-12-4-2-11(8-15)3-5-12/h2-5,10,13,18H,6-7,9H2,1H3,(H,16,19). The minimum absolute atomic E-state index is 0.212. The molecule has 0 bridgehead atoms. The molecule has 2 N–H and O–H groups in total. The fourth-order valence-electron chi connectivity index (χ4n) is 2.06. The highest BCUT2D eigenvalue weighted by atomic mass is 16.3. The van der Waals surface area contributed by atoms with E-state index in [4.69, 9.17) is 5.26 Å². The molecule has 1 heterocycles. The lowest BCUT2D eigenvalue weighted by molar-refractivity contribution is 0.0464. The van der Waals surface area contributed by atoms with Crippen molar-refractivity contribution in [1.82, 2.24) is 4.90 Å². The molecule has 5 nitrogen and oxygen atoms in total. The molecule has 0 saturated carbocycles. The lowest BCUT2D eigenvalue weighted by atomic mass is 9.96.